The Kier molecular flexibility index (Phi) is 4.60. The summed E-state index contributed by atoms with van der Waals surface area (Å²) in [5, 5.41) is 0. The predicted molar refractivity (Wildman–Crippen MR) is 91.0 cm³/mol. The van der Waals surface area contributed by atoms with Gasteiger partial charge in [0.1, 0.15) is 0 Å². The molecule has 0 radical (unpaired) electrons. The highest BCUT2D eigenvalue weighted by molar-refractivity contribution is 5.89. The van der Waals surface area contributed by atoms with Gasteiger partial charge >= 0.3 is 0 Å². The van der Waals surface area contributed by atoms with E-state index in [2.05, 4.69) is 4.98 Å². The fourth-order valence-corrected chi connectivity index (χ4v) is 3.21. The molecule has 1 aliphatic heterocycles. The van der Waals surface area contributed by atoms with E-state index in [4.69, 9.17) is 0 Å². The molecule has 3 rings (SSSR count). The van der Waals surface area contributed by atoms with Crippen LogP contribution in [0, 0.1) is 5.92 Å². The minimum atomic E-state index is -0.289. The number of pyridine rings is 1. The quantitative estimate of drug-likeness (QED) is 0.866. The summed E-state index contributed by atoms with van der Waals surface area (Å²) in [5.74, 6) is -0.287. The SMILES string of the molecule is CN1C[C@H](C(=O)N(C)[C@H](c2ccccc2)c2ccccn2)CC1=O. The van der Waals surface area contributed by atoms with Gasteiger partial charge in [0.2, 0.25) is 11.8 Å². The topological polar surface area (TPSA) is 53.5 Å². The van der Waals surface area contributed by atoms with Crippen molar-refractivity contribution < 1.29 is 9.59 Å². The molecule has 5 heteroatoms. The summed E-state index contributed by atoms with van der Waals surface area (Å²) in [6.07, 6.45) is 2.01. The summed E-state index contributed by atoms with van der Waals surface area (Å²) < 4.78 is 0. The van der Waals surface area contributed by atoms with Crippen LogP contribution in [-0.2, 0) is 9.59 Å². The van der Waals surface area contributed by atoms with Crippen molar-refractivity contribution in [3.8, 4) is 0 Å². The number of amides is 2. The molecule has 0 N–H and O–H groups in total. The molecular formula is C19H21N3O2. The number of carbonyl (C=O) groups is 2. The van der Waals surface area contributed by atoms with Gasteiger partial charge in [-0.25, -0.2) is 0 Å². The Morgan fingerprint density at radius 1 is 1.21 bits per heavy atom. The molecule has 1 aromatic heterocycles. The molecule has 1 aliphatic rings. The lowest BCUT2D eigenvalue weighted by atomic mass is 9.99. The molecular weight excluding hydrogens is 302 g/mol. The van der Waals surface area contributed by atoms with Crippen LogP contribution in [0.25, 0.3) is 0 Å². The zero-order chi connectivity index (χ0) is 17.1. The highest BCUT2D eigenvalue weighted by atomic mass is 16.2. The van der Waals surface area contributed by atoms with Crippen LogP contribution in [0.2, 0.25) is 0 Å². The van der Waals surface area contributed by atoms with Gasteiger partial charge in [0.15, 0.2) is 0 Å². The van der Waals surface area contributed by atoms with E-state index in [0.717, 1.165) is 11.3 Å². The second-order valence-corrected chi connectivity index (χ2v) is 6.19. The van der Waals surface area contributed by atoms with Gasteiger partial charge in [-0.05, 0) is 17.7 Å². The summed E-state index contributed by atoms with van der Waals surface area (Å²) in [7, 11) is 3.53. The normalized spacial score (nSPS) is 18.5. The average molecular weight is 323 g/mol. The molecule has 0 bridgehead atoms. The predicted octanol–water partition coefficient (Wildman–Crippen LogP) is 2.11. The van der Waals surface area contributed by atoms with Crippen molar-refractivity contribution in [3.05, 3.63) is 66.0 Å². The molecule has 24 heavy (non-hydrogen) atoms. The number of benzene rings is 1. The third kappa shape index (κ3) is 3.15. The van der Waals surface area contributed by atoms with E-state index in [0.29, 0.717) is 6.54 Å². The molecule has 5 nitrogen and oxygen atoms in total. The minimum absolute atomic E-state index is 0.0211. The Morgan fingerprint density at radius 3 is 2.50 bits per heavy atom. The van der Waals surface area contributed by atoms with Gasteiger partial charge < -0.3 is 9.80 Å². The lowest BCUT2D eigenvalue weighted by Gasteiger charge is -2.30. The van der Waals surface area contributed by atoms with Gasteiger partial charge in [0.25, 0.3) is 0 Å². The first-order valence-corrected chi connectivity index (χ1v) is 8.04. The van der Waals surface area contributed by atoms with Crippen molar-refractivity contribution in [1.82, 2.24) is 14.8 Å². The lowest BCUT2D eigenvalue weighted by molar-refractivity contribution is -0.136. The van der Waals surface area contributed by atoms with Crippen LogP contribution >= 0.6 is 0 Å². The molecule has 0 aliphatic carbocycles. The Balaban J connectivity index is 1.91. The molecule has 0 unspecified atom stereocenters. The molecule has 1 saturated heterocycles. The van der Waals surface area contributed by atoms with E-state index in [1.165, 1.54) is 0 Å². The van der Waals surface area contributed by atoms with Gasteiger partial charge in [-0.1, -0.05) is 36.4 Å². The van der Waals surface area contributed by atoms with E-state index in [1.807, 2.05) is 48.5 Å². The fourth-order valence-electron chi connectivity index (χ4n) is 3.21. The van der Waals surface area contributed by atoms with Crippen molar-refractivity contribution >= 4 is 11.8 Å². The Hall–Kier alpha value is -2.69. The van der Waals surface area contributed by atoms with Crippen LogP contribution in [0.3, 0.4) is 0 Å². The van der Waals surface area contributed by atoms with E-state index >= 15 is 0 Å². The molecule has 1 aromatic carbocycles. The first-order valence-electron chi connectivity index (χ1n) is 8.04. The van der Waals surface area contributed by atoms with E-state index < -0.39 is 0 Å². The van der Waals surface area contributed by atoms with Crippen LogP contribution < -0.4 is 0 Å². The number of carbonyl (C=O) groups excluding carboxylic acids is 2. The van der Waals surface area contributed by atoms with Crippen molar-refractivity contribution in [2.45, 2.75) is 12.5 Å². The fraction of sp³-hybridized carbons (Fsp3) is 0.316. The van der Waals surface area contributed by atoms with Gasteiger partial charge in [-0.15, -0.1) is 0 Å². The summed E-state index contributed by atoms with van der Waals surface area (Å²) in [6, 6.07) is 15.3. The number of nitrogens with zero attached hydrogens (tertiary/aromatic N) is 3. The highest BCUT2D eigenvalue weighted by Crippen LogP contribution is 2.29. The molecule has 0 saturated carbocycles. The van der Waals surface area contributed by atoms with Gasteiger partial charge in [-0.3, -0.25) is 14.6 Å². The maximum absolute atomic E-state index is 12.9. The number of hydrogen-bond acceptors (Lipinski definition) is 3. The highest BCUT2D eigenvalue weighted by Gasteiger charge is 2.36. The summed E-state index contributed by atoms with van der Waals surface area (Å²) >= 11 is 0. The maximum atomic E-state index is 12.9. The van der Waals surface area contributed by atoms with Crippen LogP contribution in [0.4, 0.5) is 0 Å². The van der Waals surface area contributed by atoms with Crippen LogP contribution in [0.1, 0.15) is 23.7 Å². The first-order chi connectivity index (χ1) is 11.6. The Morgan fingerprint density at radius 2 is 1.92 bits per heavy atom. The van der Waals surface area contributed by atoms with Gasteiger partial charge in [0, 0.05) is 33.3 Å². The molecule has 2 aromatic rings. The Bertz CT molecular complexity index is 678. The summed E-state index contributed by atoms with van der Waals surface area (Å²) in [4.78, 5) is 32.5. The third-order valence-corrected chi connectivity index (χ3v) is 4.51. The standard InChI is InChI=1S/C19H21N3O2/c1-21-13-15(12-17(21)23)19(24)22(2)18(14-8-4-3-5-9-14)16-10-6-7-11-20-16/h3-11,15,18H,12-13H2,1-2H3/t15-,18-/m1/s1. The van der Waals surface area contributed by atoms with Crippen LogP contribution in [0.5, 0.6) is 0 Å². The molecule has 2 amide bonds. The van der Waals surface area contributed by atoms with E-state index in [-0.39, 0.29) is 30.2 Å². The summed E-state index contributed by atoms with van der Waals surface area (Å²) in [5.41, 5.74) is 1.82. The monoisotopic (exact) mass is 323 g/mol. The molecule has 2 atom stereocenters. The zero-order valence-electron chi connectivity index (χ0n) is 13.9. The van der Waals surface area contributed by atoms with E-state index in [9.17, 15) is 9.59 Å². The maximum Gasteiger partial charge on any atom is 0.228 e. The first kappa shape index (κ1) is 16.2. The molecule has 2 heterocycles. The van der Waals surface area contributed by atoms with Gasteiger partial charge in [-0.2, -0.15) is 0 Å². The summed E-state index contributed by atoms with van der Waals surface area (Å²) in [6.45, 7) is 0.478. The van der Waals surface area contributed by atoms with Crippen molar-refractivity contribution in [2.75, 3.05) is 20.6 Å². The number of likely N-dealkylation sites (tertiary alicyclic amines) is 1. The van der Waals surface area contributed by atoms with Crippen molar-refractivity contribution in [1.29, 1.82) is 0 Å². The minimum Gasteiger partial charge on any atom is -0.345 e. The van der Waals surface area contributed by atoms with Crippen molar-refractivity contribution in [3.63, 3.8) is 0 Å². The smallest absolute Gasteiger partial charge is 0.228 e. The molecule has 1 fully saturated rings. The second kappa shape index (κ2) is 6.83. The second-order valence-electron chi connectivity index (χ2n) is 6.19. The Labute approximate surface area is 141 Å². The number of rotatable bonds is 4. The molecule has 124 valence electrons. The molecule has 0 spiro atoms. The zero-order valence-corrected chi connectivity index (χ0v) is 13.9. The third-order valence-electron chi connectivity index (χ3n) is 4.51. The van der Waals surface area contributed by atoms with Crippen LogP contribution in [0.15, 0.2) is 54.7 Å². The average Bonchev–Trinajstić information content (AvgIpc) is 2.95. The largest absolute Gasteiger partial charge is 0.345 e. The van der Waals surface area contributed by atoms with Gasteiger partial charge in [0.05, 0.1) is 17.7 Å². The number of hydrogen-bond donors (Lipinski definition) is 0. The van der Waals surface area contributed by atoms with Crippen molar-refractivity contribution in [2.24, 2.45) is 5.92 Å². The number of aromatic nitrogens is 1. The van der Waals surface area contributed by atoms with Crippen LogP contribution in [-0.4, -0.2) is 47.2 Å². The lowest BCUT2D eigenvalue weighted by Crippen LogP contribution is -2.37. The van der Waals surface area contributed by atoms with E-state index in [1.54, 1.807) is 30.1 Å².